The van der Waals surface area contributed by atoms with Crippen molar-refractivity contribution < 1.29 is 9.53 Å². The van der Waals surface area contributed by atoms with Gasteiger partial charge in [0, 0.05) is 0 Å². The van der Waals surface area contributed by atoms with Crippen LogP contribution in [0.25, 0.3) is 0 Å². The molecule has 0 aromatic heterocycles. The Balaban J connectivity index is 2.72. The number of benzene rings is 1. The summed E-state index contributed by atoms with van der Waals surface area (Å²) in [6.07, 6.45) is 0.456. The Morgan fingerprint density at radius 1 is 1.38 bits per heavy atom. The number of esters is 1. The molecule has 0 aliphatic heterocycles. The summed E-state index contributed by atoms with van der Waals surface area (Å²) in [5.74, 6) is 0.106. The van der Waals surface area contributed by atoms with Gasteiger partial charge in [0.15, 0.2) is 0 Å². The normalized spacial score (nSPS) is 12.2. The SMILES string of the molecule is CCOC(=O)CC(C)c1ccc(C)cc1C. The summed E-state index contributed by atoms with van der Waals surface area (Å²) in [5, 5.41) is 0. The standard InChI is InChI=1S/C14H20O2/c1-5-16-14(15)9-12(4)13-7-6-10(2)8-11(13)3/h6-8,12H,5,9H2,1-4H3. The van der Waals surface area contributed by atoms with Crippen LogP contribution in [0.5, 0.6) is 0 Å². The molecule has 1 aromatic rings. The summed E-state index contributed by atoms with van der Waals surface area (Å²) < 4.78 is 4.96. The summed E-state index contributed by atoms with van der Waals surface area (Å²) in [4.78, 5) is 11.4. The van der Waals surface area contributed by atoms with Gasteiger partial charge in [-0.05, 0) is 37.8 Å². The van der Waals surface area contributed by atoms with Gasteiger partial charge in [-0.25, -0.2) is 0 Å². The number of hydrogen-bond acceptors (Lipinski definition) is 2. The van der Waals surface area contributed by atoms with E-state index in [2.05, 4.69) is 39.0 Å². The zero-order valence-corrected chi connectivity index (χ0v) is 10.5. The molecule has 0 bridgehead atoms. The molecule has 0 radical (unpaired) electrons. The van der Waals surface area contributed by atoms with E-state index in [0.29, 0.717) is 13.0 Å². The lowest BCUT2D eigenvalue weighted by Crippen LogP contribution is -2.09. The molecule has 0 heterocycles. The predicted molar refractivity (Wildman–Crippen MR) is 65.6 cm³/mol. The minimum Gasteiger partial charge on any atom is -0.466 e. The molecule has 2 nitrogen and oxygen atoms in total. The Kier molecular flexibility index (Phi) is 4.53. The molecule has 0 saturated heterocycles. The van der Waals surface area contributed by atoms with Crippen molar-refractivity contribution in [3.8, 4) is 0 Å². The fourth-order valence-electron chi connectivity index (χ4n) is 1.96. The molecule has 1 atom stereocenters. The predicted octanol–water partition coefficient (Wildman–Crippen LogP) is 3.36. The molecule has 2 heteroatoms. The Morgan fingerprint density at radius 3 is 2.62 bits per heavy atom. The van der Waals surface area contributed by atoms with E-state index in [1.807, 2.05) is 6.92 Å². The summed E-state index contributed by atoms with van der Waals surface area (Å²) in [7, 11) is 0. The van der Waals surface area contributed by atoms with Crippen molar-refractivity contribution >= 4 is 5.97 Å². The van der Waals surface area contributed by atoms with Gasteiger partial charge in [0.25, 0.3) is 0 Å². The lowest BCUT2D eigenvalue weighted by Gasteiger charge is -2.14. The van der Waals surface area contributed by atoms with Gasteiger partial charge in [0.1, 0.15) is 0 Å². The van der Waals surface area contributed by atoms with Crippen LogP contribution in [0.2, 0.25) is 0 Å². The van der Waals surface area contributed by atoms with Crippen molar-refractivity contribution in [1.82, 2.24) is 0 Å². The van der Waals surface area contributed by atoms with Crippen molar-refractivity contribution in [3.05, 3.63) is 34.9 Å². The van der Waals surface area contributed by atoms with E-state index in [9.17, 15) is 4.79 Å². The maximum absolute atomic E-state index is 11.4. The average molecular weight is 220 g/mol. The zero-order chi connectivity index (χ0) is 12.1. The van der Waals surface area contributed by atoms with Gasteiger partial charge in [-0.3, -0.25) is 4.79 Å². The highest BCUT2D eigenvalue weighted by Gasteiger charge is 2.13. The number of carbonyl (C=O) groups excluding carboxylic acids is 1. The first-order valence-corrected chi connectivity index (χ1v) is 5.77. The van der Waals surface area contributed by atoms with Gasteiger partial charge in [0.05, 0.1) is 13.0 Å². The van der Waals surface area contributed by atoms with Gasteiger partial charge in [-0.2, -0.15) is 0 Å². The smallest absolute Gasteiger partial charge is 0.306 e. The van der Waals surface area contributed by atoms with Crippen molar-refractivity contribution in [2.75, 3.05) is 6.61 Å². The van der Waals surface area contributed by atoms with E-state index in [0.717, 1.165) is 0 Å². The monoisotopic (exact) mass is 220 g/mol. The Bertz CT molecular complexity index is 369. The van der Waals surface area contributed by atoms with Crippen molar-refractivity contribution in [3.63, 3.8) is 0 Å². The molecular weight excluding hydrogens is 200 g/mol. The van der Waals surface area contributed by atoms with Gasteiger partial charge in [-0.15, -0.1) is 0 Å². The molecule has 0 fully saturated rings. The summed E-state index contributed by atoms with van der Waals surface area (Å²) in [6, 6.07) is 6.34. The van der Waals surface area contributed by atoms with E-state index in [4.69, 9.17) is 4.74 Å². The van der Waals surface area contributed by atoms with E-state index in [1.165, 1.54) is 16.7 Å². The molecule has 0 spiro atoms. The van der Waals surface area contributed by atoms with Crippen LogP contribution in [0.15, 0.2) is 18.2 Å². The first kappa shape index (κ1) is 12.8. The quantitative estimate of drug-likeness (QED) is 0.727. The fourth-order valence-corrected chi connectivity index (χ4v) is 1.96. The highest BCUT2D eigenvalue weighted by Crippen LogP contribution is 2.23. The molecule has 16 heavy (non-hydrogen) atoms. The lowest BCUT2D eigenvalue weighted by atomic mass is 9.93. The van der Waals surface area contributed by atoms with Crippen molar-refractivity contribution in [2.24, 2.45) is 0 Å². The molecule has 0 saturated carbocycles. The second-order valence-corrected chi connectivity index (χ2v) is 4.27. The topological polar surface area (TPSA) is 26.3 Å². The second-order valence-electron chi connectivity index (χ2n) is 4.27. The van der Waals surface area contributed by atoms with Gasteiger partial charge in [-0.1, -0.05) is 30.7 Å². The van der Waals surface area contributed by atoms with Gasteiger partial charge < -0.3 is 4.74 Å². The van der Waals surface area contributed by atoms with E-state index in [-0.39, 0.29) is 11.9 Å². The van der Waals surface area contributed by atoms with E-state index >= 15 is 0 Å². The third-order valence-corrected chi connectivity index (χ3v) is 2.73. The highest BCUT2D eigenvalue weighted by atomic mass is 16.5. The van der Waals surface area contributed by atoms with Crippen LogP contribution in [0.1, 0.15) is 42.9 Å². The minimum absolute atomic E-state index is 0.116. The van der Waals surface area contributed by atoms with Crippen LogP contribution in [0, 0.1) is 13.8 Å². The van der Waals surface area contributed by atoms with E-state index in [1.54, 1.807) is 0 Å². The van der Waals surface area contributed by atoms with Crippen LogP contribution in [0.3, 0.4) is 0 Å². The first-order chi connectivity index (χ1) is 7.54. The third kappa shape index (κ3) is 3.37. The van der Waals surface area contributed by atoms with Gasteiger partial charge in [0.2, 0.25) is 0 Å². The number of ether oxygens (including phenoxy) is 1. The molecule has 88 valence electrons. The number of rotatable bonds is 4. The number of carbonyl (C=O) groups is 1. The van der Waals surface area contributed by atoms with Gasteiger partial charge >= 0.3 is 5.97 Å². The highest BCUT2D eigenvalue weighted by molar-refractivity contribution is 5.70. The average Bonchev–Trinajstić information content (AvgIpc) is 2.17. The fraction of sp³-hybridized carbons (Fsp3) is 0.500. The molecule has 0 aliphatic rings. The molecule has 1 unspecified atom stereocenters. The maximum atomic E-state index is 11.4. The number of hydrogen-bond donors (Lipinski definition) is 0. The second kappa shape index (κ2) is 5.69. The molecule has 1 rings (SSSR count). The first-order valence-electron chi connectivity index (χ1n) is 5.77. The molecule has 0 amide bonds. The number of aryl methyl sites for hydroxylation is 2. The van der Waals surface area contributed by atoms with Crippen LogP contribution in [-0.4, -0.2) is 12.6 Å². The van der Waals surface area contributed by atoms with Crippen molar-refractivity contribution in [2.45, 2.75) is 40.0 Å². The zero-order valence-electron chi connectivity index (χ0n) is 10.5. The Labute approximate surface area is 97.6 Å². The summed E-state index contributed by atoms with van der Waals surface area (Å²) >= 11 is 0. The molecule has 1 aromatic carbocycles. The minimum atomic E-state index is -0.116. The Hall–Kier alpha value is -1.31. The Morgan fingerprint density at radius 2 is 2.06 bits per heavy atom. The van der Waals surface area contributed by atoms with E-state index < -0.39 is 0 Å². The summed E-state index contributed by atoms with van der Waals surface area (Å²) in [5.41, 5.74) is 3.74. The molecular formula is C14H20O2. The van der Waals surface area contributed by atoms with Crippen molar-refractivity contribution in [1.29, 1.82) is 0 Å². The largest absolute Gasteiger partial charge is 0.466 e. The summed E-state index contributed by atoms with van der Waals surface area (Å²) in [6.45, 7) is 8.52. The van der Waals surface area contributed by atoms with Crippen LogP contribution >= 0.6 is 0 Å². The molecule has 0 aliphatic carbocycles. The maximum Gasteiger partial charge on any atom is 0.306 e. The van der Waals surface area contributed by atoms with Crippen LogP contribution < -0.4 is 0 Å². The van der Waals surface area contributed by atoms with Crippen LogP contribution in [-0.2, 0) is 9.53 Å². The lowest BCUT2D eigenvalue weighted by molar-refractivity contribution is -0.143. The molecule has 0 N–H and O–H groups in total. The third-order valence-electron chi connectivity index (χ3n) is 2.73. The van der Waals surface area contributed by atoms with Crippen LogP contribution in [0.4, 0.5) is 0 Å².